The van der Waals surface area contributed by atoms with E-state index < -0.39 is 44.1 Å². The SMILES string of the molecule is COc1cccc2[nH]c(C(=O)N3C[C@@H]4CCC[C@@H]4[C@H]3C(=O)N[C@@H](C[C@@H]3CCCC3=O)C(=O)COP(=O)(O)O)cc12. The minimum atomic E-state index is -4.92. The molecule has 13 heteroatoms. The Kier molecular flexibility index (Phi) is 8.15. The largest absolute Gasteiger partial charge is 0.496 e. The van der Waals surface area contributed by atoms with Gasteiger partial charge in [0, 0.05) is 29.8 Å². The number of phosphoric ester groups is 1. The number of hydrogen-bond acceptors (Lipinski definition) is 7. The Morgan fingerprint density at radius 1 is 1.20 bits per heavy atom. The van der Waals surface area contributed by atoms with Crippen molar-refractivity contribution in [2.24, 2.45) is 17.8 Å². The van der Waals surface area contributed by atoms with Gasteiger partial charge in [0.2, 0.25) is 5.91 Å². The van der Waals surface area contributed by atoms with E-state index in [1.165, 1.54) is 0 Å². The number of methoxy groups -OCH3 is 1. The lowest BCUT2D eigenvalue weighted by molar-refractivity contribution is -0.132. The Bertz CT molecular complexity index is 1370. The zero-order valence-corrected chi connectivity index (χ0v) is 23.1. The Morgan fingerprint density at radius 3 is 2.70 bits per heavy atom. The van der Waals surface area contributed by atoms with Crippen LogP contribution in [0.1, 0.15) is 55.4 Å². The number of nitrogens with zero attached hydrogens (tertiary/aromatic N) is 1. The topological polar surface area (TPSA) is 175 Å². The summed E-state index contributed by atoms with van der Waals surface area (Å²) in [7, 11) is -3.37. The molecular weight excluding hydrogens is 541 g/mol. The summed E-state index contributed by atoms with van der Waals surface area (Å²) in [5.41, 5.74) is 1.04. The van der Waals surface area contributed by atoms with E-state index in [0.29, 0.717) is 37.3 Å². The van der Waals surface area contributed by atoms with E-state index >= 15 is 0 Å². The summed E-state index contributed by atoms with van der Waals surface area (Å²) in [5, 5.41) is 3.48. The van der Waals surface area contributed by atoms with Crippen LogP contribution >= 0.6 is 7.82 Å². The average Bonchev–Trinajstić information content (AvgIpc) is 3.69. The minimum absolute atomic E-state index is 0.00859. The highest BCUT2D eigenvalue weighted by atomic mass is 31.2. The number of fused-ring (bicyclic) bond motifs is 2. The van der Waals surface area contributed by atoms with Crippen LogP contribution in [-0.2, 0) is 23.5 Å². The number of carbonyl (C=O) groups excluding carboxylic acids is 4. The molecule has 5 rings (SSSR count). The molecule has 216 valence electrons. The molecule has 2 saturated carbocycles. The summed E-state index contributed by atoms with van der Waals surface area (Å²) in [4.78, 5) is 75.7. The third-order valence-electron chi connectivity index (χ3n) is 8.53. The molecule has 4 N–H and O–H groups in total. The molecule has 1 saturated heterocycles. The van der Waals surface area contributed by atoms with Crippen LogP contribution < -0.4 is 10.1 Å². The number of Topliss-reactive ketones (excluding diaryl/α,β-unsaturated/α-hetero) is 2. The van der Waals surface area contributed by atoms with Crippen LogP contribution in [0.2, 0.25) is 0 Å². The Hall–Kier alpha value is -3.05. The zero-order chi connectivity index (χ0) is 28.6. The second-order valence-corrected chi connectivity index (χ2v) is 12.2. The second-order valence-electron chi connectivity index (χ2n) is 10.9. The van der Waals surface area contributed by atoms with Crippen molar-refractivity contribution in [2.45, 2.75) is 57.0 Å². The van der Waals surface area contributed by atoms with Crippen molar-refractivity contribution in [3.05, 3.63) is 30.0 Å². The molecule has 2 aromatic rings. The van der Waals surface area contributed by atoms with Gasteiger partial charge in [-0.15, -0.1) is 0 Å². The lowest BCUT2D eigenvalue weighted by Gasteiger charge is -2.29. The molecule has 5 atom stereocenters. The van der Waals surface area contributed by atoms with Crippen molar-refractivity contribution in [3.63, 3.8) is 0 Å². The summed E-state index contributed by atoms with van der Waals surface area (Å²) in [6.45, 7) is -0.512. The highest BCUT2D eigenvalue weighted by Crippen LogP contribution is 2.43. The first-order valence-corrected chi connectivity index (χ1v) is 15.1. The van der Waals surface area contributed by atoms with E-state index in [1.54, 1.807) is 24.1 Å². The van der Waals surface area contributed by atoms with Gasteiger partial charge in [0.1, 0.15) is 29.9 Å². The van der Waals surface area contributed by atoms with Crippen molar-refractivity contribution < 1.29 is 42.8 Å². The van der Waals surface area contributed by atoms with Crippen molar-refractivity contribution in [1.82, 2.24) is 15.2 Å². The maximum absolute atomic E-state index is 13.8. The molecule has 0 unspecified atom stereocenters. The molecule has 2 aliphatic carbocycles. The highest BCUT2D eigenvalue weighted by Gasteiger charge is 2.50. The third kappa shape index (κ3) is 5.85. The van der Waals surface area contributed by atoms with Gasteiger partial charge in [0.25, 0.3) is 5.91 Å². The standard InChI is InChI=1S/C27H34N3O9P/c1-38-24-10-4-8-19-18(24)12-21(28-19)27(34)30-13-16-6-2-7-17(16)25(30)26(33)29-20(11-15-5-3-9-22(15)31)23(32)14-39-40(35,36)37/h4,8,10,12,15-17,20,25,28H,2-3,5-7,9,11,13-14H2,1H3,(H,29,33)(H2,35,36,37)/t15-,16-,17-,20-,25-/m0/s1. The fraction of sp³-hybridized carbons (Fsp3) is 0.556. The summed E-state index contributed by atoms with van der Waals surface area (Å²) in [6.07, 6.45) is 4.23. The van der Waals surface area contributed by atoms with Gasteiger partial charge < -0.3 is 29.7 Å². The zero-order valence-electron chi connectivity index (χ0n) is 22.2. The molecule has 40 heavy (non-hydrogen) atoms. The normalized spacial score (nSPS) is 25.3. The van der Waals surface area contributed by atoms with Crippen molar-refractivity contribution >= 4 is 42.1 Å². The number of carbonyl (C=O) groups is 4. The van der Waals surface area contributed by atoms with Crippen molar-refractivity contribution in [1.29, 1.82) is 0 Å². The molecule has 1 aliphatic heterocycles. The molecule has 2 amide bonds. The van der Waals surface area contributed by atoms with Crippen LogP contribution in [0.4, 0.5) is 0 Å². The van der Waals surface area contributed by atoms with Crippen LogP contribution in [0, 0.1) is 17.8 Å². The van der Waals surface area contributed by atoms with Gasteiger partial charge in [-0.1, -0.05) is 12.5 Å². The maximum atomic E-state index is 13.8. The fourth-order valence-electron chi connectivity index (χ4n) is 6.62. The predicted octanol–water partition coefficient (Wildman–Crippen LogP) is 2.34. The summed E-state index contributed by atoms with van der Waals surface area (Å²) >= 11 is 0. The van der Waals surface area contributed by atoms with E-state index in [1.807, 2.05) is 12.1 Å². The predicted molar refractivity (Wildman–Crippen MR) is 142 cm³/mol. The first-order chi connectivity index (χ1) is 19.1. The van der Waals surface area contributed by atoms with Gasteiger partial charge in [-0.3, -0.25) is 23.7 Å². The van der Waals surface area contributed by atoms with Gasteiger partial charge in [-0.2, -0.15) is 0 Å². The minimum Gasteiger partial charge on any atom is -0.496 e. The molecule has 3 fully saturated rings. The van der Waals surface area contributed by atoms with E-state index in [9.17, 15) is 23.7 Å². The first kappa shape index (κ1) is 28.5. The molecule has 1 aromatic heterocycles. The second kappa shape index (κ2) is 11.4. The number of amides is 2. The quantitative estimate of drug-likeness (QED) is 0.310. The molecular formula is C27H34N3O9P. The molecule has 3 aliphatic rings. The van der Waals surface area contributed by atoms with E-state index in [2.05, 4.69) is 14.8 Å². The van der Waals surface area contributed by atoms with Gasteiger partial charge in [-0.05, 0) is 62.1 Å². The number of nitrogens with one attached hydrogen (secondary N) is 2. The molecule has 0 bridgehead atoms. The lowest BCUT2D eigenvalue weighted by atomic mass is 9.91. The lowest BCUT2D eigenvalue weighted by Crippen LogP contribution is -2.53. The number of aromatic nitrogens is 1. The number of likely N-dealkylation sites (tertiary alicyclic amines) is 1. The monoisotopic (exact) mass is 575 g/mol. The number of ketones is 2. The molecule has 0 spiro atoms. The van der Waals surface area contributed by atoms with Crippen molar-refractivity contribution in [3.8, 4) is 5.75 Å². The van der Waals surface area contributed by atoms with Crippen LogP contribution in [0.3, 0.4) is 0 Å². The molecule has 1 aromatic carbocycles. The van der Waals surface area contributed by atoms with Crippen LogP contribution in [0.5, 0.6) is 5.75 Å². The summed E-state index contributed by atoms with van der Waals surface area (Å²) in [5.74, 6) is -1.38. The number of rotatable bonds is 10. The number of H-pyrrole nitrogens is 1. The van der Waals surface area contributed by atoms with Crippen LogP contribution in [0.25, 0.3) is 10.9 Å². The van der Waals surface area contributed by atoms with Crippen molar-refractivity contribution in [2.75, 3.05) is 20.3 Å². The average molecular weight is 576 g/mol. The smallest absolute Gasteiger partial charge is 0.470 e. The van der Waals surface area contributed by atoms with E-state index in [-0.39, 0.29) is 29.9 Å². The highest BCUT2D eigenvalue weighted by molar-refractivity contribution is 7.46. The van der Waals surface area contributed by atoms with E-state index in [4.69, 9.17) is 14.5 Å². The van der Waals surface area contributed by atoms with Crippen LogP contribution in [-0.4, -0.2) is 75.4 Å². The Labute approximate surface area is 231 Å². The number of benzene rings is 1. The summed E-state index contributed by atoms with van der Waals surface area (Å²) < 4.78 is 21.0. The number of phosphoric acid groups is 1. The van der Waals surface area contributed by atoms with Gasteiger partial charge >= 0.3 is 7.82 Å². The molecule has 12 nitrogen and oxygen atoms in total. The fourth-order valence-corrected chi connectivity index (χ4v) is 6.92. The van der Waals surface area contributed by atoms with Gasteiger partial charge in [-0.25, -0.2) is 4.57 Å². The van der Waals surface area contributed by atoms with Crippen LogP contribution in [0.15, 0.2) is 24.3 Å². The Balaban J connectivity index is 1.39. The van der Waals surface area contributed by atoms with Gasteiger partial charge in [0.15, 0.2) is 5.78 Å². The summed E-state index contributed by atoms with van der Waals surface area (Å²) in [6, 6.07) is 5.13. The number of ether oxygens (including phenoxy) is 1. The molecule has 2 heterocycles. The Morgan fingerprint density at radius 2 is 2.00 bits per heavy atom. The third-order valence-corrected chi connectivity index (χ3v) is 8.99. The molecule has 0 radical (unpaired) electrons. The number of hydrogen-bond donors (Lipinski definition) is 4. The van der Waals surface area contributed by atoms with E-state index in [0.717, 1.165) is 30.2 Å². The first-order valence-electron chi connectivity index (χ1n) is 13.6. The van der Waals surface area contributed by atoms with Gasteiger partial charge in [0.05, 0.1) is 13.2 Å². The maximum Gasteiger partial charge on any atom is 0.470 e. The number of aromatic amines is 1.